The number of nitro benzene ring substituents is 1. The van der Waals surface area contributed by atoms with Gasteiger partial charge in [0, 0.05) is 36.6 Å². The lowest BCUT2D eigenvalue weighted by Gasteiger charge is -2.22. The van der Waals surface area contributed by atoms with Crippen LogP contribution in [0.4, 0.5) is 17.1 Å². The molecule has 0 unspecified atom stereocenters. The molecule has 3 rings (SSSR count). The number of carbonyl (C=O) groups is 2. The van der Waals surface area contributed by atoms with Crippen molar-refractivity contribution in [1.82, 2.24) is 0 Å². The van der Waals surface area contributed by atoms with E-state index < -0.39 is 23.4 Å². The Morgan fingerprint density at radius 1 is 1.03 bits per heavy atom. The Morgan fingerprint density at radius 2 is 1.71 bits per heavy atom. The molecule has 2 aromatic carbocycles. The first-order valence-electron chi connectivity index (χ1n) is 10.3. The lowest BCUT2D eigenvalue weighted by molar-refractivity contribution is -0.385. The quantitative estimate of drug-likeness (QED) is 0.310. The largest absolute Gasteiger partial charge is 0.452 e. The number of nitrogens with zero attached hydrogens (tertiary/aromatic N) is 2. The van der Waals surface area contributed by atoms with E-state index in [1.165, 1.54) is 43.9 Å². The van der Waals surface area contributed by atoms with Crippen molar-refractivity contribution in [1.29, 1.82) is 0 Å². The smallest absolute Gasteiger partial charge is 0.331 e. The molecule has 0 spiro atoms. The molecule has 1 saturated heterocycles. The Labute approximate surface area is 180 Å². The van der Waals surface area contributed by atoms with Crippen molar-refractivity contribution in [2.45, 2.75) is 25.7 Å². The Bertz CT molecular complexity index is 948. The third-order valence-corrected chi connectivity index (χ3v) is 5.00. The molecule has 162 valence electrons. The zero-order chi connectivity index (χ0) is 22.1. The van der Waals surface area contributed by atoms with E-state index in [1.807, 2.05) is 24.3 Å². The van der Waals surface area contributed by atoms with Gasteiger partial charge in [-0.1, -0.05) is 25.0 Å². The first-order valence-corrected chi connectivity index (χ1v) is 10.3. The second-order valence-corrected chi connectivity index (χ2v) is 7.25. The average Bonchev–Trinajstić information content (AvgIpc) is 3.06. The van der Waals surface area contributed by atoms with Crippen LogP contribution in [-0.2, 0) is 14.3 Å². The molecule has 1 N–H and O–H groups in total. The van der Waals surface area contributed by atoms with Gasteiger partial charge in [-0.25, -0.2) is 4.79 Å². The minimum atomic E-state index is -0.759. The molecular weight excluding hydrogens is 398 g/mol. The molecule has 0 aromatic heterocycles. The third-order valence-electron chi connectivity index (χ3n) is 5.00. The highest BCUT2D eigenvalue weighted by Crippen LogP contribution is 2.22. The number of amides is 1. The van der Waals surface area contributed by atoms with Crippen molar-refractivity contribution in [2.75, 3.05) is 29.9 Å². The lowest BCUT2D eigenvalue weighted by atomic mass is 10.1. The highest BCUT2D eigenvalue weighted by Gasteiger charge is 2.12. The van der Waals surface area contributed by atoms with Crippen LogP contribution in [0, 0.1) is 10.1 Å². The van der Waals surface area contributed by atoms with Crippen molar-refractivity contribution in [3.63, 3.8) is 0 Å². The van der Waals surface area contributed by atoms with E-state index in [0.29, 0.717) is 5.69 Å². The van der Waals surface area contributed by atoms with Gasteiger partial charge in [-0.2, -0.15) is 0 Å². The third kappa shape index (κ3) is 6.67. The van der Waals surface area contributed by atoms with E-state index in [-0.39, 0.29) is 11.3 Å². The van der Waals surface area contributed by atoms with Crippen molar-refractivity contribution in [3.05, 3.63) is 70.3 Å². The molecule has 8 heteroatoms. The molecule has 1 amide bonds. The van der Waals surface area contributed by atoms with Crippen molar-refractivity contribution < 1.29 is 19.2 Å². The van der Waals surface area contributed by atoms with Crippen LogP contribution in [0.5, 0.6) is 0 Å². The number of ether oxygens (including phenoxy) is 1. The van der Waals surface area contributed by atoms with E-state index in [4.69, 9.17) is 4.74 Å². The summed E-state index contributed by atoms with van der Waals surface area (Å²) in [6, 6.07) is 13.6. The first kappa shape index (κ1) is 22.0. The fourth-order valence-electron chi connectivity index (χ4n) is 3.42. The number of esters is 1. The number of nitro groups is 1. The van der Waals surface area contributed by atoms with Gasteiger partial charge in [-0.05, 0) is 49.2 Å². The van der Waals surface area contributed by atoms with Gasteiger partial charge in [0.15, 0.2) is 6.61 Å². The number of benzene rings is 2. The van der Waals surface area contributed by atoms with E-state index in [1.54, 1.807) is 12.1 Å². The lowest BCUT2D eigenvalue weighted by Crippen LogP contribution is -2.24. The maximum atomic E-state index is 12.1. The van der Waals surface area contributed by atoms with Gasteiger partial charge in [0.25, 0.3) is 11.6 Å². The van der Waals surface area contributed by atoms with E-state index in [0.717, 1.165) is 24.9 Å². The minimum Gasteiger partial charge on any atom is -0.452 e. The SMILES string of the molecule is O=C(COC(=O)/C=C/c1ccccc1[N+](=O)[O-])Nc1ccc(N2CCCCCC2)cc1. The van der Waals surface area contributed by atoms with Gasteiger partial charge in [0.05, 0.1) is 10.5 Å². The van der Waals surface area contributed by atoms with Gasteiger partial charge < -0.3 is 15.0 Å². The number of carbonyl (C=O) groups excluding carboxylic acids is 2. The number of rotatable bonds is 7. The van der Waals surface area contributed by atoms with Gasteiger partial charge in [0.1, 0.15) is 0 Å². The van der Waals surface area contributed by atoms with Gasteiger partial charge in [0.2, 0.25) is 0 Å². The summed E-state index contributed by atoms with van der Waals surface area (Å²) in [7, 11) is 0. The van der Waals surface area contributed by atoms with Crippen LogP contribution < -0.4 is 10.2 Å². The number of hydrogen-bond donors (Lipinski definition) is 1. The van der Waals surface area contributed by atoms with Gasteiger partial charge in [-0.3, -0.25) is 14.9 Å². The summed E-state index contributed by atoms with van der Waals surface area (Å²) in [4.78, 5) is 36.7. The topological polar surface area (TPSA) is 102 Å². The van der Waals surface area contributed by atoms with E-state index in [2.05, 4.69) is 10.2 Å². The predicted octanol–water partition coefficient (Wildman–Crippen LogP) is 4.17. The van der Waals surface area contributed by atoms with Crippen LogP contribution >= 0.6 is 0 Å². The fraction of sp³-hybridized carbons (Fsp3) is 0.304. The Balaban J connectivity index is 1.47. The van der Waals surface area contributed by atoms with E-state index in [9.17, 15) is 19.7 Å². The summed E-state index contributed by atoms with van der Waals surface area (Å²) in [6.07, 6.45) is 7.26. The molecule has 8 nitrogen and oxygen atoms in total. The fourth-order valence-corrected chi connectivity index (χ4v) is 3.42. The predicted molar refractivity (Wildman–Crippen MR) is 119 cm³/mol. The number of anilines is 2. The summed E-state index contributed by atoms with van der Waals surface area (Å²) in [6.45, 7) is 1.64. The zero-order valence-corrected chi connectivity index (χ0v) is 17.2. The van der Waals surface area contributed by atoms with Crippen LogP contribution in [-0.4, -0.2) is 36.5 Å². The molecule has 0 saturated carbocycles. The van der Waals surface area contributed by atoms with Crippen LogP contribution in [0.1, 0.15) is 31.2 Å². The molecule has 2 aromatic rings. The summed E-state index contributed by atoms with van der Waals surface area (Å²) in [5.74, 6) is -1.22. The van der Waals surface area contributed by atoms with Crippen molar-refractivity contribution in [3.8, 4) is 0 Å². The summed E-state index contributed by atoms with van der Waals surface area (Å²) in [5.41, 5.74) is 1.91. The molecular formula is C23H25N3O5. The minimum absolute atomic E-state index is 0.118. The normalized spacial score (nSPS) is 14.1. The van der Waals surface area contributed by atoms with E-state index >= 15 is 0 Å². The zero-order valence-electron chi connectivity index (χ0n) is 17.2. The highest BCUT2D eigenvalue weighted by molar-refractivity contribution is 5.94. The molecule has 1 aliphatic rings. The Morgan fingerprint density at radius 3 is 2.39 bits per heavy atom. The molecule has 0 bridgehead atoms. The highest BCUT2D eigenvalue weighted by atomic mass is 16.6. The standard InChI is InChI=1S/C23H25N3O5/c27-22(17-31-23(28)14-9-18-7-3-4-8-21(18)26(29)30)24-19-10-12-20(13-11-19)25-15-5-1-2-6-16-25/h3-4,7-14H,1-2,5-6,15-17H2,(H,24,27)/b14-9+. The molecule has 1 aliphatic heterocycles. The second kappa shape index (κ2) is 10.9. The molecule has 1 fully saturated rings. The molecule has 0 atom stereocenters. The van der Waals surface area contributed by atoms with Gasteiger partial charge in [-0.15, -0.1) is 0 Å². The molecule has 0 radical (unpaired) electrons. The van der Waals surface area contributed by atoms with Crippen LogP contribution in [0.2, 0.25) is 0 Å². The number of nitrogens with one attached hydrogen (secondary N) is 1. The maximum absolute atomic E-state index is 12.1. The molecule has 1 heterocycles. The monoisotopic (exact) mass is 423 g/mol. The van der Waals surface area contributed by atoms with Crippen LogP contribution in [0.3, 0.4) is 0 Å². The van der Waals surface area contributed by atoms with Crippen molar-refractivity contribution >= 4 is 35.0 Å². The summed E-state index contributed by atoms with van der Waals surface area (Å²) < 4.78 is 4.92. The Kier molecular flexibility index (Phi) is 7.75. The number of para-hydroxylation sites is 1. The number of hydrogen-bond acceptors (Lipinski definition) is 6. The molecule has 31 heavy (non-hydrogen) atoms. The van der Waals surface area contributed by atoms with Gasteiger partial charge >= 0.3 is 5.97 Å². The van der Waals surface area contributed by atoms with Crippen molar-refractivity contribution in [2.24, 2.45) is 0 Å². The maximum Gasteiger partial charge on any atom is 0.331 e. The van der Waals surface area contributed by atoms with Crippen LogP contribution in [0.15, 0.2) is 54.6 Å². The molecule has 0 aliphatic carbocycles. The summed E-state index contributed by atoms with van der Waals surface area (Å²) >= 11 is 0. The Hall–Kier alpha value is -3.68. The first-order chi connectivity index (χ1) is 15.0. The van der Waals surface area contributed by atoms with Crippen LogP contribution in [0.25, 0.3) is 6.08 Å². The summed E-state index contributed by atoms with van der Waals surface area (Å²) in [5, 5.41) is 13.7. The average molecular weight is 423 g/mol. The second-order valence-electron chi connectivity index (χ2n) is 7.25.